The Labute approximate surface area is 122 Å². The molecular weight excluding hydrogens is 278 g/mol. The molecule has 0 spiro atoms. The van der Waals surface area contributed by atoms with Gasteiger partial charge in [-0.1, -0.05) is 19.1 Å². The molecule has 2 rings (SSSR count). The summed E-state index contributed by atoms with van der Waals surface area (Å²) in [5.41, 5.74) is 0.774. The van der Waals surface area contributed by atoms with Crippen LogP contribution in [0.5, 0.6) is 5.75 Å². The minimum atomic E-state index is -2.83. The molecule has 1 amide bonds. The molecule has 4 nitrogen and oxygen atoms in total. The van der Waals surface area contributed by atoms with Crippen molar-refractivity contribution in [2.24, 2.45) is 5.92 Å². The van der Waals surface area contributed by atoms with Crippen LogP contribution in [0.3, 0.4) is 0 Å². The maximum absolute atomic E-state index is 12.0. The molecular formula is C15H20F2N2O2. The molecule has 1 fully saturated rings. The van der Waals surface area contributed by atoms with Crippen molar-refractivity contribution in [1.82, 2.24) is 10.6 Å². The summed E-state index contributed by atoms with van der Waals surface area (Å²) in [6.07, 6.45) is 1.17. The van der Waals surface area contributed by atoms with Gasteiger partial charge in [-0.2, -0.15) is 8.78 Å². The molecule has 1 aromatic rings. The summed E-state index contributed by atoms with van der Waals surface area (Å²) in [7, 11) is 0. The van der Waals surface area contributed by atoms with Crippen LogP contribution in [0.2, 0.25) is 0 Å². The van der Waals surface area contributed by atoms with E-state index in [0.717, 1.165) is 25.1 Å². The van der Waals surface area contributed by atoms with Gasteiger partial charge in [0.2, 0.25) is 5.91 Å². The first-order valence-corrected chi connectivity index (χ1v) is 7.08. The molecule has 1 aliphatic heterocycles. The number of piperidine rings is 1. The molecule has 0 bridgehead atoms. The summed E-state index contributed by atoms with van der Waals surface area (Å²) in [6, 6.07) is 6.34. The highest BCUT2D eigenvalue weighted by Gasteiger charge is 2.22. The van der Waals surface area contributed by atoms with E-state index in [-0.39, 0.29) is 24.1 Å². The molecule has 0 radical (unpaired) electrons. The van der Waals surface area contributed by atoms with Crippen LogP contribution in [-0.4, -0.2) is 31.7 Å². The third kappa shape index (κ3) is 4.97. The van der Waals surface area contributed by atoms with E-state index in [1.54, 1.807) is 12.1 Å². The smallest absolute Gasteiger partial charge is 0.387 e. The van der Waals surface area contributed by atoms with Crippen molar-refractivity contribution in [3.8, 4) is 5.75 Å². The Balaban J connectivity index is 1.84. The summed E-state index contributed by atoms with van der Waals surface area (Å²) in [6.45, 7) is 1.09. The number of rotatable bonds is 5. The van der Waals surface area contributed by atoms with E-state index in [1.165, 1.54) is 12.1 Å². The monoisotopic (exact) mass is 298 g/mol. The van der Waals surface area contributed by atoms with Gasteiger partial charge in [0, 0.05) is 6.04 Å². The molecule has 1 aromatic carbocycles. The molecule has 21 heavy (non-hydrogen) atoms. The Bertz CT molecular complexity index is 465. The number of nitrogens with one attached hydrogen (secondary N) is 2. The molecule has 0 aromatic heterocycles. The molecule has 6 heteroatoms. The first-order valence-electron chi connectivity index (χ1n) is 7.08. The van der Waals surface area contributed by atoms with Gasteiger partial charge in [0.05, 0.1) is 6.42 Å². The van der Waals surface area contributed by atoms with Crippen molar-refractivity contribution in [3.63, 3.8) is 0 Å². The van der Waals surface area contributed by atoms with Crippen LogP contribution in [0.4, 0.5) is 8.78 Å². The van der Waals surface area contributed by atoms with Crippen molar-refractivity contribution in [2.45, 2.75) is 32.4 Å². The van der Waals surface area contributed by atoms with Crippen molar-refractivity contribution in [3.05, 3.63) is 29.8 Å². The second-order valence-electron chi connectivity index (χ2n) is 5.34. The standard InChI is InChI=1S/C15H20F2N2O2/c1-10-9-18-7-6-13(10)19-14(20)8-11-2-4-12(5-3-11)21-15(16)17/h2-5,10,13,15,18H,6-9H2,1H3,(H,19,20). The molecule has 0 saturated carbocycles. The predicted octanol–water partition coefficient (Wildman–Crippen LogP) is 1.94. The number of halogens is 2. The molecule has 116 valence electrons. The van der Waals surface area contributed by atoms with Crippen LogP contribution < -0.4 is 15.4 Å². The van der Waals surface area contributed by atoms with Crippen LogP contribution in [0.1, 0.15) is 18.9 Å². The topological polar surface area (TPSA) is 50.4 Å². The number of hydrogen-bond donors (Lipinski definition) is 2. The van der Waals surface area contributed by atoms with Gasteiger partial charge in [-0.25, -0.2) is 0 Å². The highest BCUT2D eigenvalue weighted by molar-refractivity contribution is 5.78. The second kappa shape index (κ2) is 7.36. The maximum Gasteiger partial charge on any atom is 0.387 e. The van der Waals surface area contributed by atoms with Gasteiger partial charge in [-0.15, -0.1) is 0 Å². The van der Waals surface area contributed by atoms with Gasteiger partial charge < -0.3 is 15.4 Å². The molecule has 2 N–H and O–H groups in total. The van der Waals surface area contributed by atoms with Crippen LogP contribution in [0.25, 0.3) is 0 Å². The van der Waals surface area contributed by atoms with E-state index in [4.69, 9.17) is 0 Å². The predicted molar refractivity (Wildman–Crippen MR) is 75.4 cm³/mol. The maximum atomic E-state index is 12.0. The normalized spacial score (nSPS) is 22.1. The Morgan fingerprint density at radius 1 is 1.43 bits per heavy atom. The highest BCUT2D eigenvalue weighted by atomic mass is 19.3. The fourth-order valence-electron chi connectivity index (χ4n) is 2.46. The van der Waals surface area contributed by atoms with Crippen molar-refractivity contribution < 1.29 is 18.3 Å². The average Bonchev–Trinajstić information content (AvgIpc) is 2.43. The van der Waals surface area contributed by atoms with Crippen LogP contribution in [0.15, 0.2) is 24.3 Å². The van der Waals surface area contributed by atoms with E-state index < -0.39 is 6.61 Å². The van der Waals surface area contributed by atoms with E-state index >= 15 is 0 Å². The number of alkyl halides is 2. The Kier molecular flexibility index (Phi) is 5.50. The van der Waals surface area contributed by atoms with Gasteiger partial charge >= 0.3 is 6.61 Å². The molecule has 1 heterocycles. The summed E-state index contributed by atoms with van der Waals surface area (Å²) in [5, 5.41) is 6.32. The van der Waals surface area contributed by atoms with Crippen LogP contribution in [0, 0.1) is 5.92 Å². The first kappa shape index (κ1) is 15.7. The fourth-order valence-corrected chi connectivity index (χ4v) is 2.46. The Morgan fingerprint density at radius 3 is 2.76 bits per heavy atom. The second-order valence-corrected chi connectivity index (χ2v) is 5.34. The molecule has 1 aliphatic rings. The van der Waals surface area contributed by atoms with Crippen molar-refractivity contribution in [1.29, 1.82) is 0 Å². The van der Waals surface area contributed by atoms with Crippen molar-refractivity contribution in [2.75, 3.05) is 13.1 Å². The lowest BCUT2D eigenvalue weighted by Gasteiger charge is -2.30. The van der Waals surface area contributed by atoms with Gasteiger partial charge in [0.1, 0.15) is 5.75 Å². The van der Waals surface area contributed by atoms with Gasteiger partial charge in [0.25, 0.3) is 0 Å². The van der Waals surface area contributed by atoms with Crippen LogP contribution in [-0.2, 0) is 11.2 Å². The number of ether oxygens (including phenoxy) is 1. The number of carbonyl (C=O) groups is 1. The Morgan fingerprint density at radius 2 is 2.14 bits per heavy atom. The molecule has 2 atom stereocenters. The summed E-state index contributed by atoms with van der Waals surface area (Å²) in [5.74, 6) is 0.460. The van der Waals surface area contributed by atoms with Gasteiger partial charge in [-0.05, 0) is 43.1 Å². The van der Waals surface area contributed by atoms with Gasteiger partial charge in [-0.3, -0.25) is 4.79 Å². The fraction of sp³-hybridized carbons (Fsp3) is 0.533. The largest absolute Gasteiger partial charge is 0.435 e. The minimum absolute atomic E-state index is 0.0451. The number of hydrogen-bond acceptors (Lipinski definition) is 3. The number of carbonyl (C=O) groups excluding carboxylic acids is 1. The number of amides is 1. The molecule has 0 aliphatic carbocycles. The highest BCUT2D eigenvalue weighted by Crippen LogP contribution is 2.16. The zero-order chi connectivity index (χ0) is 15.2. The third-order valence-corrected chi connectivity index (χ3v) is 3.64. The SMILES string of the molecule is CC1CNCCC1NC(=O)Cc1ccc(OC(F)F)cc1. The zero-order valence-corrected chi connectivity index (χ0v) is 11.9. The lowest BCUT2D eigenvalue weighted by Crippen LogP contribution is -2.48. The quantitative estimate of drug-likeness (QED) is 0.873. The Hall–Kier alpha value is -1.69. The summed E-state index contributed by atoms with van der Waals surface area (Å²) in [4.78, 5) is 12.0. The zero-order valence-electron chi connectivity index (χ0n) is 11.9. The molecule has 2 unspecified atom stereocenters. The average molecular weight is 298 g/mol. The van der Waals surface area contributed by atoms with Crippen LogP contribution >= 0.6 is 0 Å². The minimum Gasteiger partial charge on any atom is -0.435 e. The van der Waals surface area contributed by atoms with Gasteiger partial charge in [0.15, 0.2) is 0 Å². The summed E-state index contributed by atoms with van der Waals surface area (Å²) >= 11 is 0. The lowest BCUT2D eigenvalue weighted by atomic mass is 9.95. The molecule has 1 saturated heterocycles. The lowest BCUT2D eigenvalue weighted by molar-refractivity contribution is -0.121. The van der Waals surface area contributed by atoms with E-state index in [2.05, 4.69) is 22.3 Å². The number of benzene rings is 1. The summed E-state index contributed by atoms with van der Waals surface area (Å²) < 4.78 is 28.3. The van der Waals surface area contributed by atoms with E-state index in [1.807, 2.05) is 0 Å². The third-order valence-electron chi connectivity index (χ3n) is 3.64. The van der Waals surface area contributed by atoms with E-state index in [0.29, 0.717) is 5.92 Å². The first-order chi connectivity index (χ1) is 10.0. The van der Waals surface area contributed by atoms with E-state index in [9.17, 15) is 13.6 Å². The van der Waals surface area contributed by atoms with Crippen molar-refractivity contribution >= 4 is 5.91 Å².